The maximum absolute atomic E-state index is 11.7. The van der Waals surface area contributed by atoms with Gasteiger partial charge < -0.3 is 15.4 Å². The number of nitrogens with one attached hydrogen (secondary N) is 2. The zero-order valence-electron chi connectivity index (χ0n) is 10.9. The number of benzene rings is 1. The van der Waals surface area contributed by atoms with Crippen molar-refractivity contribution in [3.8, 4) is 0 Å². The van der Waals surface area contributed by atoms with Crippen molar-refractivity contribution in [3.63, 3.8) is 0 Å². The second-order valence-electron chi connectivity index (χ2n) is 4.02. The zero-order chi connectivity index (χ0) is 14.3. The van der Waals surface area contributed by atoms with Crippen molar-refractivity contribution in [2.24, 2.45) is 0 Å². The van der Waals surface area contributed by atoms with Gasteiger partial charge in [-0.25, -0.2) is 4.79 Å². The number of rotatable bonds is 5. The summed E-state index contributed by atoms with van der Waals surface area (Å²) < 4.78 is 4.80. The summed E-state index contributed by atoms with van der Waals surface area (Å²) in [4.78, 5) is 22.9. The van der Waals surface area contributed by atoms with Gasteiger partial charge in [0.2, 0.25) is 0 Å². The van der Waals surface area contributed by atoms with Gasteiger partial charge in [0.25, 0.3) is 0 Å². The van der Waals surface area contributed by atoms with Crippen LogP contribution in [-0.4, -0.2) is 24.6 Å². The highest BCUT2D eigenvalue weighted by atomic mass is 35.5. The molecule has 1 aromatic rings. The molecule has 0 aliphatic carbocycles. The lowest BCUT2D eigenvalue weighted by Crippen LogP contribution is -2.37. The van der Waals surface area contributed by atoms with Crippen LogP contribution in [0.3, 0.4) is 0 Å². The predicted octanol–water partition coefficient (Wildman–Crippen LogP) is 2.80. The van der Waals surface area contributed by atoms with Gasteiger partial charge in [-0.3, -0.25) is 4.79 Å². The summed E-state index contributed by atoms with van der Waals surface area (Å²) in [6.07, 6.45) is 0.136. The van der Waals surface area contributed by atoms with Gasteiger partial charge in [-0.05, 0) is 32.0 Å². The first-order chi connectivity index (χ1) is 9.01. The number of anilines is 1. The Balaban J connectivity index is 2.40. The van der Waals surface area contributed by atoms with E-state index < -0.39 is 0 Å². The maximum atomic E-state index is 11.7. The Morgan fingerprint density at radius 1 is 1.42 bits per heavy atom. The molecule has 0 aromatic heterocycles. The van der Waals surface area contributed by atoms with Gasteiger partial charge in [-0.2, -0.15) is 0 Å². The van der Waals surface area contributed by atoms with Gasteiger partial charge >= 0.3 is 12.0 Å². The Morgan fingerprint density at radius 2 is 2.16 bits per heavy atom. The van der Waals surface area contributed by atoms with Crippen LogP contribution in [0, 0.1) is 0 Å². The molecule has 1 aromatic carbocycles. The maximum Gasteiger partial charge on any atom is 0.319 e. The Bertz CT molecular complexity index is 451. The van der Waals surface area contributed by atoms with Crippen LogP contribution in [0.1, 0.15) is 20.3 Å². The van der Waals surface area contributed by atoms with Gasteiger partial charge in [0.05, 0.1) is 13.0 Å². The van der Waals surface area contributed by atoms with Crippen LogP contribution in [0.5, 0.6) is 0 Å². The molecule has 1 rings (SSSR count). The minimum absolute atomic E-state index is 0.136. The summed E-state index contributed by atoms with van der Waals surface area (Å²) >= 11 is 5.80. The molecular formula is C13H17ClN2O3. The van der Waals surface area contributed by atoms with Gasteiger partial charge in [-0.15, -0.1) is 0 Å². The summed E-state index contributed by atoms with van der Waals surface area (Å²) in [5.74, 6) is -0.335. The molecule has 0 radical (unpaired) electrons. The second kappa shape index (κ2) is 7.63. The fraction of sp³-hybridized carbons (Fsp3) is 0.385. The molecule has 5 nitrogen and oxygen atoms in total. The molecule has 0 saturated carbocycles. The molecule has 0 heterocycles. The third-order valence-electron chi connectivity index (χ3n) is 2.24. The van der Waals surface area contributed by atoms with Crippen LogP contribution in [0.4, 0.5) is 10.5 Å². The molecule has 0 bridgehead atoms. The van der Waals surface area contributed by atoms with Crippen LogP contribution < -0.4 is 10.6 Å². The number of halogens is 1. The number of hydrogen-bond donors (Lipinski definition) is 2. The average Bonchev–Trinajstić information content (AvgIpc) is 2.28. The minimum atomic E-state index is -0.390. The Morgan fingerprint density at radius 3 is 2.79 bits per heavy atom. The van der Waals surface area contributed by atoms with E-state index in [1.165, 1.54) is 0 Å². The van der Waals surface area contributed by atoms with Crippen molar-refractivity contribution in [2.75, 3.05) is 11.9 Å². The number of ether oxygens (including phenoxy) is 1. The Hall–Kier alpha value is -1.75. The van der Waals surface area contributed by atoms with E-state index in [0.29, 0.717) is 17.3 Å². The topological polar surface area (TPSA) is 67.4 Å². The third kappa shape index (κ3) is 6.10. The van der Waals surface area contributed by atoms with Gasteiger partial charge in [0.1, 0.15) is 0 Å². The first kappa shape index (κ1) is 15.3. The molecule has 0 spiro atoms. The molecule has 1 unspecified atom stereocenters. The Kier molecular flexibility index (Phi) is 6.15. The number of carbonyl (C=O) groups is 2. The van der Waals surface area contributed by atoms with E-state index in [2.05, 4.69) is 10.6 Å². The molecule has 6 heteroatoms. The standard InChI is InChI=1S/C13H17ClN2O3/c1-3-19-12(17)7-9(2)15-13(18)16-11-6-4-5-10(14)8-11/h4-6,8-9H,3,7H2,1-2H3,(H2,15,16,18). The summed E-state index contributed by atoms with van der Waals surface area (Å²) in [5.41, 5.74) is 0.591. The van der Waals surface area contributed by atoms with E-state index in [4.69, 9.17) is 16.3 Å². The van der Waals surface area contributed by atoms with Crippen molar-refractivity contribution >= 4 is 29.3 Å². The molecule has 1 atom stereocenters. The second-order valence-corrected chi connectivity index (χ2v) is 4.46. The van der Waals surface area contributed by atoms with Crippen molar-refractivity contribution in [2.45, 2.75) is 26.3 Å². The van der Waals surface area contributed by atoms with E-state index in [1.54, 1.807) is 38.1 Å². The molecule has 0 fully saturated rings. The van der Waals surface area contributed by atoms with Gasteiger partial charge in [0.15, 0.2) is 0 Å². The highest BCUT2D eigenvalue weighted by molar-refractivity contribution is 6.30. The number of amides is 2. The molecule has 2 amide bonds. The zero-order valence-corrected chi connectivity index (χ0v) is 11.7. The molecule has 2 N–H and O–H groups in total. The van der Waals surface area contributed by atoms with Gasteiger partial charge in [0, 0.05) is 16.8 Å². The highest BCUT2D eigenvalue weighted by Gasteiger charge is 2.12. The Labute approximate surface area is 117 Å². The summed E-state index contributed by atoms with van der Waals surface area (Å²) in [6.45, 7) is 3.80. The quantitative estimate of drug-likeness (QED) is 0.817. The SMILES string of the molecule is CCOC(=O)CC(C)NC(=O)Nc1cccc(Cl)c1. The highest BCUT2D eigenvalue weighted by Crippen LogP contribution is 2.14. The van der Waals surface area contributed by atoms with Crippen molar-refractivity contribution in [1.29, 1.82) is 0 Å². The van der Waals surface area contributed by atoms with Crippen LogP contribution in [0.15, 0.2) is 24.3 Å². The fourth-order valence-electron chi connectivity index (χ4n) is 1.48. The minimum Gasteiger partial charge on any atom is -0.466 e. The van der Waals surface area contributed by atoms with E-state index in [0.717, 1.165) is 0 Å². The molecular weight excluding hydrogens is 268 g/mol. The van der Waals surface area contributed by atoms with Crippen LogP contribution >= 0.6 is 11.6 Å². The summed E-state index contributed by atoms with van der Waals surface area (Å²) in [7, 11) is 0. The molecule has 0 saturated heterocycles. The number of esters is 1. The largest absolute Gasteiger partial charge is 0.466 e. The lowest BCUT2D eigenvalue weighted by Gasteiger charge is -2.14. The van der Waals surface area contributed by atoms with Crippen LogP contribution in [0.25, 0.3) is 0 Å². The van der Waals surface area contributed by atoms with Crippen LogP contribution in [0.2, 0.25) is 5.02 Å². The van der Waals surface area contributed by atoms with E-state index in [9.17, 15) is 9.59 Å². The number of urea groups is 1. The normalized spacial score (nSPS) is 11.5. The molecule has 0 aliphatic heterocycles. The van der Waals surface area contributed by atoms with Gasteiger partial charge in [-0.1, -0.05) is 17.7 Å². The summed E-state index contributed by atoms with van der Waals surface area (Å²) in [5, 5.41) is 5.81. The smallest absolute Gasteiger partial charge is 0.319 e. The average molecular weight is 285 g/mol. The lowest BCUT2D eigenvalue weighted by atomic mass is 10.2. The number of carbonyl (C=O) groups excluding carboxylic acids is 2. The van der Waals surface area contributed by atoms with Crippen molar-refractivity contribution in [3.05, 3.63) is 29.3 Å². The van der Waals surface area contributed by atoms with Crippen molar-refractivity contribution in [1.82, 2.24) is 5.32 Å². The molecule has 19 heavy (non-hydrogen) atoms. The number of hydrogen-bond acceptors (Lipinski definition) is 3. The first-order valence-corrected chi connectivity index (χ1v) is 6.37. The molecule has 0 aliphatic rings. The molecule has 104 valence electrons. The van der Waals surface area contributed by atoms with E-state index in [1.807, 2.05) is 0 Å². The monoisotopic (exact) mass is 284 g/mol. The fourth-order valence-corrected chi connectivity index (χ4v) is 1.67. The lowest BCUT2D eigenvalue weighted by molar-refractivity contribution is -0.143. The predicted molar refractivity (Wildman–Crippen MR) is 74.3 cm³/mol. The first-order valence-electron chi connectivity index (χ1n) is 6.00. The van der Waals surface area contributed by atoms with E-state index in [-0.39, 0.29) is 24.5 Å². The summed E-state index contributed by atoms with van der Waals surface area (Å²) in [6, 6.07) is 6.12. The third-order valence-corrected chi connectivity index (χ3v) is 2.47. The van der Waals surface area contributed by atoms with Crippen molar-refractivity contribution < 1.29 is 14.3 Å². The van der Waals surface area contributed by atoms with Crippen LogP contribution in [-0.2, 0) is 9.53 Å². The van der Waals surface area contributed by atoms with E-state index >= 15 is 0 Å².